The number of carboxylic acids is 1. The molecule has 0 amide bonds. The molecule has 21 heavy (non-hydrogen) atoms. The predicted octanol–water partition coefficient (Wildman–Crippen LogP) is 2.54. The Morgan fingerprint density at radius 1 is 1.48 bits per heavy atom. The Labute approximate surface area is 130 Å². The fraction of sp³-hybridized carbons (Fsp3) is 0.500. The molecule has 118 valence electrons. The molecule has 0 spiro atoms. The van der Waals surface area contributed by atoms with Gasteiger partial charge in [0.2, 0.25) is 0 Å². The first-order chi connectivity index (χ1) is 9.52. The van der Waals surface area contributed by atoms with Crippen LogP contribution in [0.2, 0.25) is 0 Å². The third kappa shape index (κ3) is 2.60. The van der Waals surface area contributed by atoms with E-state index in [4.69, 9.17) is 5.11 Å². The maximum absolute atomic E-state index is 13.0. The molecule has 5 nitrogen and oxygen atoms in total. The fourth-order valence-electron chi connectivity index (χ4n) is 2.09. The maximum atomic E-state index is 13.0. The summed E-state index contributed by atoms with van der Waals surface area (Å²) < 4.78 is 64.4. The molecule has 2 rings (SSSR count). The summed E-state index contributed by atoms with van der Waals surface area (Å²) >= 11 is 3.87. The van der Waals surface area contributed by atoms with Crippen LogP contribution in [-0.2, 0) is 14.8 Å². The predicted molar refractivity (Wildman–Crippen MR) is 71.5 cm³/mol. The van der Waals surface area contributed by atoms with E-state index in [2.05, 4.69) is 15.9 Å². The number of sulfonamides is 1. The average molecular weight is 408 g/mol. The van der Waals surface area contributed by atoms with Crippen LogP contribution in [0.25, 0.3) is 0 Å². The van der Waals surface area contributed by atoms with Gasteiger partial charge in [-0.2, -0.15) is 17.5 Å². The first-order valence-electron chi connectivity index (χ1n) is 5.56. The summed E-state index contributed by atoms with van der Waals surface area (Å²) in [6.45, 7) is -1.60. The first-order valence-corrected chi connectivity index (χ1v) is 8.67. The minimum atomic E-state index is -5.02. The van der Waals surface area contributed by atoms with Gasteiger partial charge in [0.25, 0.3) is 10.0 Å². The van der Waals surface area contributed by atoms with E-state index < -0.39 is 47.1 Å². The van der Waals surface area contributed by atoms with Crippen molar-refractivity contribution in [1.29, 1.82) is 0 Å². The van der Waals surface area contributed by atoms with Crippen molar-refractivity contribution in [3.8, 4) is 0 Å². The van der Waals surface area contributed by atoms with Crippen LogP contribution in [0, 0.1) is 5.41 Å². The normalized spacial score (nSPS) is 24.4. The van der Waals surface area contributed by atoms with E-state index in [-0.39, 0.29) is 8.68 Å². The van der Waals surface area contributed by atoms with E-state index in [0.717, 1.165) is 11.3 Å². The number of rotatable bonds is 3. The second-order valence-electron chi connectivity index (χ2n) is 4.53. The highest BCUT2D eigenvalue weighted by molar-refractivity contribution is 9.10. The summed E-state index contributed by atoms with van der Waals surface area (Å²) in [6, 6.07) is 1.46. The Kier molecular flexibility index (Phi) is 4.15. The zero-order valence-electron chi connectivity index (χ0n) is 10.2. The van der Waals surface area contributed by atoms with Gasteiger partial charge >= 0.3 is 12.1 Å². The molecule has 1 aliphatic rings. The molecule has 1 aromatic heterocycles. The van der Waals surface area contributed by atoms with Gasteiger partial charge in [0, 0.05) is 17.6 Å². The SMILES string of the molecule is O=C(O)C1(C(F)(F)F)CCN(S(=O)(=O)c2sccc2Br)C1. The second-order valence-corrected chi connectivity index (χ2v) is 8.43. The molecular weight excluding hydrogens is 399 g/mol. The highest BCUT2D eigenvalue weighted by atomic mass is 79.9. The van der Waals surface area contributed by atoms with Crippen LogP contribution < -0.4 is 0 Å². The number of hydrogen-bond donors (Lipinski definition) is 1. The molecule has 1 N–H and O–H groups in total. The van der Waals surface area contributed by atoms with Gasteiger partial charge in [0.1, 0.15) is 4.21 Å². The molecule has 0 aromatic carbocycles. The molecule has 1 aliphatic heterocycles. The van der Waals surface area contributed by atoms with Crippen LogP contribution in [-0.4, -0.2) is 43.1 Å². The van der Waals surface area contributed by atoms with Crippen LogP contribution >= 0.6 is 27.3 Å². The Balaban J connectivity index is 2.39. The topological polar surface area (TPSA) is 74.7 Å². The van der Waals surface area contributed by atoms with Gasteiger partial charge in [-0.1, -0.05) is 0 Å². The van der Waals surface area contributed by atoms with Gasteiger partial charge in [-0.25, -0.2) is 8.42 Å². The van der Waals surface area contributed by atoms with E-state index in [1.807, 2.05) is 0 Å². The summed E-state index contributed by atoms with van der Waals surface area (Å²) in [7, 11) is -4.15. The van der Waals surface area contributed by atoms with Crippen LogP contribution in [0.5, 0.6) is 0 Å². The number of thiophene rings is 1. The van der Waals surface area contributed by atoms with Crippen LogP contribution in [0.4, 0.5) is 13.2 Å². The van der Waals surface area contributed by atoms with Gasteiger partial charge in [0.15, 0.2) is 5.41 Å². The van der Waals surface area contributed by atoms with Crippen molar-refractivity contribution in [3.63, 3.8) is 0 Å². The third-order valence-electron chi connectivity index (χ3n) is 3.34. The van der Waals surface area contributed by atoms with E-state index in [1.54, 1.807) is 0 Å². The maximum Gasteiger partial charge on any atom is 0.406 e. The lowest BCUT2D eigenvalue weighted by atomic mass is 9.86. The molecule has 2 heterocycles. The summed E-state index contributed by atoms with van der Waals surface area (Å²) in [4.78, 5) is 11.0. The Morgan fingerprint density at radius 3 is 2.48 bits per heavy atom. The highest BCUT2D eigenvalue weighted by Gasteiger charge is 2.65. The lowest BCUT2D eigenvalue weighted by molar-refractivity contribution is -0.226. The van der Waals surface area contributed by atoms with Crippen LogP contribution in [0.15, 0.2) is 20.1 Å². The van der Waals surface area contributed by atoms with Crippen molar-refractivity contribution < 1.29 is 31.5 Å². The van der Waals surface area contributed by atoms with Crippen molar-refractivity contribution in [2.75, 3.05) is 13.1 Å². The van der Waals surface area contributed by atoms with Crippen LogP contribution in [0.1, 0.15) is 6.42 Å². The molecule has 1 atom stereocenters. The van der Waals surface area contributed by atoms with Gasteiger partial charge in [-0.05, 0) is 33.8 Å². The Bertz CT molecular complexity index is 672. The molecule has 1 unspecified atom stereocenters. The summed E-state index contributed by atoms with van der Waals surface area (Å²) in [5.41, 5.74) is -3.05. The van der Waals surface area contributed by atoms with Crippen LogP contribution in [0.3, 0.4) is 0 Å². The molecule has 1 fully saturated rings. The van der Waals surface area contributed by atoms with Crippen molar-refractivity contribution in [2.45, 2.75) is 16.8 Å². The number of nitrogens with zero attached hydrogens (tertiary/aromatic N) is 1. The van der Waals surface area contributed by atoms with E-state index in [9.17, 15) is 26.4 Å². The lowest BCUT2D eigenvalue weighted by Crippen LogP contribution is -2.47. The van der Waals surface area contributed by atoms with Gasteiger partial charge < -0.3 is 5.11 Å². The van der Waals surface area contributed by atoms with Crippen molar-refractivity contribution in [3.05, 3.63) is 15.9 Å². The number of aliphatic carboxylic acids is 1. The molecule has 0 saturated carbocycles. The van der Waals surface area contributed by atoms with E-state index in [0.29, 0.717) is 4.31 Å². The van der Waals surface area contributed by atoms with Crippen molar-refractivity contribution >= 4 is 43.3 Å². The number of alkyl halides is 3. The smallest absolute Gasteiger partial charge is 0.406 e. The number of halogens is 4. The summed E-state index contributed by atoms with van der Waals surface area (Å²) in [5, 5.41) is 10.4. The van der Waals surface area contributed by atoms with Gasteiger partial charge in [-0.15, -0.1) is 11.3 Å². The minimum absolute atomic E-state index is 0.133. The van der Waals surface area contributed by atoms with Crippen molar-refractivity contribution in [2.24, 2.45) is 5.41 Å². The zero-order chi connectivity index (χ0) is 16.1. The fourth-order valence-corrected chi connectivity index (χ4v) is 6.04. The van der Waals surface area contributed by atoms with E-state index >= 15 is 0 Å². The summed E-state index contributed by atoms with van der Waals surface area (Å²) in [5.74, 6) is -2.06. The molecule has 1 aromatic rings. The average Bonchev–Trinajstić information content (AvgIpc) is 2.94. The number of hydrogen-bond acceptors (Lipinski definition) is 4. The molecule has 11 heteroatoms. The third-order valence-corrected chi connectivity index (χ3v) is 7.84. The largest absolute Gasteiger partial charge is 0.481 e. The van der Waals surface area contributed by atoms with Crippen molar-refractivity contribution in [1.82, 2.24) is 4.31 Å². The lowest BCUT2D eigenvalue weighted by Gasteiger charge is -2.27. The molecular formula is C10H9BrF3NO4S2. The number of carbonyl (C=O) groups is 1. The Hall–Kier alpha value is -0.650. The minimum Gasteiger partial charge on any atom is -0.481 e. The Morgan fingerprint density at radius 2 is 2.10 bits per heavy atom. The van der Waals surface area contributed by atoms with E-state index in [1.165, 1.54) is 11.4 Å². The molecule has 0 radical (unpaired) electrons. The second kappa shape index (κ2) is 5.21. The van der Waals surface area contributed by atoms with Gasteiger partial charge in [0.05, 0.1) is 0 Å². The first kappa shape index (κ1) is 16.7. The molecule has 0 bridgehead atoms. The number of carboxylic acid groups (broad SMARTS) is 1. The summed E-state index contributed by atoms with van der Waals surface area (Å²) in [6.07, 6.45) is -5.82. The highest BCUT2D eigenvalue weighted by Crippen LogP contribution is 2.47. The molecule has 1 saturated heterocycles. The molecule has 0 aliphatic carbocycles. The quantitative estimate of drug-likeness (QED) is 0.835. The zero-order valence-corrected chi connectivity index (χ0v) is 13.4. The standard InChI is InChI=1S/C10H9BrF3NO4S2/c11-6-1-4-20-7(6)21(18,19)15-3-2-9(5-15,8(16)17)10(12,13)14/h1,4H,2-3,5H2,(H,16,17). The van der Waals surface area contributed by atoms with Gasteiger partial charge in [-0.3, -0.25) is 4.79 Å². The monoisotopic (exact) mass is 407 g/mol.